The Labute approximate surface area is 202 Å². The summed E-state index contributed by atoms with van der Waals surface area (Å²) >= 11 is 0. The van der Waals surface area contributed by atoms with Crippen molar-refractivity contribution in [1.29, 1.82) is 0 Å². The number of nitrogens with zero attached hydrogens (tertiary/aromatic N) is 1. The number of carbonyl (C=O) groups is 1. The van der Waals surface area contributed by atoms with Gasteiger partial charge in [0.2, 0.25) is 15.9 Å². The number of carbonyl (C=O) groups excluding carboxylic acids is 1. The minimum Gasteiger partial charge on any atom is -0.497 e. The Morgan fingerprint density at radius 3 is 2.21 bits per heavy atom. The topological polar surface area (TPSA) is 94.2 Å². The molecular weight excluding hydrogens is 456 g/mol. The third-order valence-electron chi connectivity index (χ3n) is 6.24. The Morgan fingerprint density at radius 2 is 1.62 bits per heavy atom. The number of nitrogens with one attached hydrogen (secondary N) is 1. The molecule has 1 aliphatic rings. The maximum Gasteiger partial charge on any atom is 0.243 e. The van der Waals surface area contributed by atoms with Crippen molar-refractivity contribution >= 4 is 15.9 Å². The monoisotopic (exact) mass is 490 g/mol. The van der Waals surface area contributed by atoms with Crippen molar-refractivity contribution < 1.29 is 27.4 Å². The van der Waals surface area contributed by atoms with E-state index in [-0.39, 0.29) is 29.4 Å². The van der Waals surface area contributed by atoms with E-state index >= 15 is 0 Å². The van der Waals surface area contributed by atoms with Crippen LogP contribution in [0, 0.1) is 0 Å². The molecule has 186 valence electrons. The molecule has 0 aliphatic heterocycles. The molecule has 8 nitrogen and oxygen atoms in total. The first-order chi connectivity index (χ1) is 16.3. The molecule has 1 aliphatic carbocycles. The lowest BCUT2D eigenvalue weighted by atomic mass is 9.95. The van der Waals surface area contributed by atoms with E-state index in [2.05, 4.69) is 5.32 Å². The normalized spacial score (nSPS) is 15.6. The fraction of sp³-hybridized carbons (Fsp3) is 0.480. The van der Waals surface area contributed by atoms with Crippen molar-refractivity contribution in [2.45, 2.75) is 56.0 Å². The summed E-state index contributed by atoms with van der Waals surface area (Å²) in [5.41, 5.74) is 0.904. The fourth-order valence-electron chi connectivity index (χ4n) is 4.30. The molecule has 1 N–H and O–H groups in total. The Kier molecular flexibility index (Phi) is 8.79. The first-order valence-corrected chi connectivity index (χ1v) is 12.9. The van der Waals surface area contributed by atoms with Crippen LogP contribution in [0.1, 0.15) is 50.6 Å². The van der Waals surface area contributed by atoms with Gasteiger partial charge >= 0.3 is 0 Å². The smallest absolute Gasteiger partial charge is 0.243 e. The Bertz CT molecular complexity index is 1070. The minimum atomic E-state index is -3.94. The standard InChI is InChI=1S/C25H34N2O6S/c1-18(19-10-12-21(31-2)13-11-19)26-25(28)17-27(20-8-6-5-7-9-20)34(29,30)22-14-15-23(32-3)24(16-22)33-4/h10-16,18,20H,5-9,17H2,1-4H3,(H,26,28)/t18-/m1/s1. The van der Waals surface area contributed by atoms with Crippen molar-refractivity contribution in [3.05, 3.63) is 48.0 Å². The van der Waals surface area contributed by atoms with E-state index in [1.807, 2.05) is 31.2 Å². The number of methoxy groups -OCH3 is 3. The minimum absolute atomic E-state index is 0.0757. The van der Waals surface area contributed by atoms with E-state index in [0.717, 1.165) is 43.4 Å². The molecule has 0 saturated heterocycles. The number of sulfonamides is 1. The summed E-state index contributed by atoms with van der Waals surface area (Å²) in [6, 6.07) is 11.4. The van der Waals surface area contributed by atoms with Crippen LogP contribution in [-0.2, 0) is 14.8 Å². The van der Waals surface area contributed by atoms with Gasteiger partial charge in [0, 0.05) is 12.1 Å². The van der Waals surface area contributed by atoms with Crippen LogP contribution in [0.2, 0.25) is 0 Å². The van der Waals surface area contributed by atoms with E-state index < -0.39 is 10.0 Å². The van der Waals surface area contributed by atoms with E-state index in [0.29, 0.717) is 11.5 Å². The zero-order chi connectivity index (χ0) is 24.7. The highest BCUT2D eigenvalue weighted by Gasteiger charge is 2.34. The molecule has 2 aromatic carbocycles. The number of hydrogen-bond donors (Lipinski definition) is 1. The Morgan fingerprint density at radius 1 is 0.971 bits per heavy atom. The Balaban J connectivity index is 1.83. The van der Waals surface area contributed by atoms with Gasteiger partial charge in [-0.3, -0.25) is 4.79 Å². The number of ether oxygens (including phenoxy) is 3. The lowest BCUT2D eigenvalue weighted by Gasteiger charge is -2.33. The summed E-state index contributed by atoms with van der Waals surface area (Å²) in [4.78, 5) is 13.1. The van der Waals surface area contributed by atoms with E-state index in [1.165, 1.54) is 30.7 Å². The molecule has 0 aromatic heterocycles. The summed E-state index contributed by atoms with van der Waals surface area (Å²) in [6.45, 7) is 1.62. The SMILES string of the molecule is COc1ccc([C@@H](C)NC(=O)CN(C2CCCCC2)S(=O)(=O)c2ccc(OC)c(OC)c2)cc1. The van der Waals surface area contributed by atoms with Crippen molar-refractivity contribution in [1.82, 2.24) is 9.62 Å². The van der Waals surface area contributed by atoms with Crippen LogP contribution >= 0.6 is 0 Å². The third-order valence-corrected chi connectivity index (χ3v) is 8.13. The van der Waals surface area contributed by atoms with Crippen LogP contribution in [0.25, 0.3) is 0 Å². The molecule has 0 heterocycles. The van der Waals surface area contributed by atoms with Crippen molar-refractivity contribution in [3.63, 3.8) is 0 Å². The number of rotatable bonds is 10. The van der Waals surface area contributed by atoms with Gasteiger partial charge in [-0.2, -0.15) is 4.31 Å². The molecule has 0 spiro atoms. The van der Waals surface area contributed by atoms with E-state index in [9.17, 15) is 13.2 Å². The van der Waals surface area contributed by atoms with Crippen LogP contribution in [0.15, 0.2) is 47.4 Å². The van der Waals surface area contributed by atoms with E-state index in [4.69, 9.17) is 14.2 Å². The van der Waals surface area contributed by atoms with Gasteiger partial charge in [-0.15, -0.1) is 0 Å². The molecule has 1 amide bonds. The van der Waals surface area contributed by atoms with Gasteiger partial charge < -0.3 is 19.5 Å². The molecule has 0 radical (unpaired) electrons. The second-order valence-corrected chi connectivity index (χ2v) is 10.3. The summed E-state index contributed by atoms with van der Waals surface area (Å²) in [5, 5.41) is 2.94. The zero-order valence-corrected chi connectivity index (χ0v) is 21.1. The van der Waals surface area contributed by atoms with Gasteiger partial charge in [-0.1, -0.05) is 31.4 Å². The van der Waals surface area contributed by atoms with Gasteiger partial charge in [0.05, 0.1) is 38.8 Å². The second-order valence-electron chi connectivity index (χ2n) is 8.42. The highest BCUT2D eigenvalue weighted by molar-refractivity contribution is 7.89. The molecule has 1 saturated carbocycles. The highest BCUT2D eigenvalue weighted by Crippen LogP contribution is 2.33. The number of benzene rings is 2. The van der Waals surface area contributed by atoms with Gasteiger partial charge in [0.15, 0.2) is 11.5 Å². The zero-order valence-electron chi connectivity index (χ0n) is 20.2. The molecule has 3 rings (SSSR count). The van der Waals surface area contributed by atoms with Crippen molar-refractivity contribution in [3.8, 4) is 17.2 Å². The van der Waals surface area contributed by atoms with Crippen LogP contribution in [-0.4, -0.2) is 52.5 Å². The molecule has 0 unspecified atom stereocenters. The molecule has 2 aromatic rings. The summed E-state index contributed by atoms with van der Waals surface area (Å²) in [7, 11) is 0.608. The predicted octanol–water partition coefficient (Wildman–Crippen LogP) is 3.91. The molecule has 34 heavy (non-hydrogen) atoms. The average Bonchev–Trinajstić information content (AvgIpc) is 2.87. The van der Waals surface area contributed by atoms with Crippen LogP contribution in [0.4, 0.5) is 0 Å². The van der Waals surface area contributed by atoms with Crippen LogP contribution < -0.4 is 19.5 Å². The average molecular weight is 491 g/mol. The molecule has 1 atom stereocenters. The van der Waals surface area contributed by atoms with Gasteiger partial charge in [0.25, 0.3) is 0 Å². The maximum atomic E-state index is 13.7. The van der Waals surface area contributed by atoms with Crippen molar-refractivity contribution in [2.24, 2.45) is 0 Å². The number of hydrogen-bond acceptors (Lipinski definition) is 6. The summed E-state index contributed by atoms with van der Waals surface area (Å²) < 4.78 is 44.5. The quantitative estimate of drug-likeness (QED) is 0.543. The first-order valence-electron chi connectivity index (χ1n) is 11.5. The van der Waals surface area contributed by atoms with Crippen LogP contribution in [0.3, 0.4) is 0 Å². The number of amides is 1. The van der Waals surface area contributed by atoms with Crippen molar-refractivity contribution in [2.75, 3.05) is 27.9 Å². The van der Waals surface area contributed by atoms with E-state index in [1.54, 1.807) is 13.2 Å². The lowest BCUT2D eigenvalue weighted by molar-refractivity contribution is -0.122. The van der Waals surface area contributed by atoms with Gasteiger partial charge in [0.1, 0.15) is 5.75 Å². The molecular formula is C25H34N2O6S. The maximum absolute atomic E-state index is 13.7. The largest absolute Gasteiger partial charge is 0.497 e. The molecule has 0 bridgehead atoms. The third kappa shape index (κ3) is 6.01. The summed E-state index contributed by atoms with van der Waals surface area (Å²) in [6.07, 6.45) is 4.40. The predicted molar refractivity (Wildman–Crippen MR) is 130 cm³/mol. The highest BCUT2D eigenvalue weighted by atomic mass is 32.2. The first kappa shape index (κ1) is 25.8. The summed E-state index contributed by atoms with van der Waals surface area (Å²) in [5.74, 6) is 1.14. The van der Waals surface area contributed by atoms with Gasteiger partial charge in [-0.25, -0.2) is 8.42 Å². The molecule has 9 heteroatoms. The van der Waals surface area contributed by atoms with Crippen LogP contribution in [0.5, 0.6) is 17.2 Å². The van der Waals surface area contributed by atoms with Gasteiger partial charge in [-0.05, 0) is 49.6 Å². The Hall–Kier alpha value is -2.78. The fourth-order valence-corrected chi connectivity index (χ4v) is 5.95. The second kappa shape index (κ2) is 11.6. The lowest BCUT2D eigenvalue weighted by Crippen LogP contribution is -2.47. The molecule has 1 fully saturated rings.